The highest BCUT2D eigenvalue weighted by molar-refractivity contribution is 6.02. The topological polar surface area (TPSA) is 86.8 Å². The van der Waals surface area contributed by atoms with Gasteiger partial charge in [0.1, 0.15) is 5.75 Å². The van der Waals surface area contributed by atoms with Crippen LogP contribution in [0.5, 0.6) is 5.75 Å². The zero-order valence-corrected chi connectivity index (χ0v) is 17.4. The number of nitrogens with two attached hydrogens (primary N) is 1. The van der Waals surface area contributed by atoms with E-state index in [0.717, 1.165) is 68.3 Å². The third kappa shape index (κ3) is 4.86. The molecule has 0 spiro atoms. The number of nitrogens with zero attached hydrogens (tertiary/aromatic N) is 2. The van der Waals surface area contributed by atoms with Crippen molar-refractivity contribution in [3.05, 3.63) is 41.2 Å². The predicted octanol–water partition coefficient (Wildman–Crippen LogP) is 2.52. The van der Waals surface area contributed by atoms with Crippen molar-refractivity contribution >= 4 is 11.9 Å². The summed E-state index contributed by atoms with van der Waals surface area (Å²) in [6.07, 6.45) is 0.986. The Hall–Kier alpha value is -2.64. The summed E-state index contributed by atoms with van der Waals surface area (Å²) in [7, 11) is 0. The maximum atomic E-state index is 12.2. The minimum Gasteiger partial charge on any atom is -0.427 e. The Morgan fingerprint density at radius 3 is 2.31 bits per heavy atom. The fourth-order valence-electron chi connectivity index (χ4n) is 4.01. The lowest BCUT2D eigenvalue weighted by atomic mass is 10.00. The molecule has 1 fully saturated rings. The first-order chi connectivity index (χ1) is 13.9. The molecule has 0 atom stereocenters. The molecule has 1 aliphatic rings. The Kier molecular flexibility index (Phi) is 6.71. The first-order valence-electron chi connectivity index (χ1n) is 9.97. The zero-order valence-electron chi connectivity index (χ0n) is 17.4. The number of ether oxygens (including phenoxy) is 2. The number of benzene rings is 1. The Bertz CT molecular complexity index is 880. The first kappa shape index (κ1) is 21.1. The van der Waals surface area contributed by atoms with Crippen molar-refractivity contribution in [3.8, 4) is 16.9 Å². The molecule has 1 aromatic heterocycles. The predicted molar refractivity (Wildman–Crippen MR) is 111 cm³/mol. The average Bonchev–Trinajstić information content (AvgIpc) is 2.94. The average molecular weight is 399 g/mol. The Labute approximate surface area is 171 Å². The number of carbonyl (C=O) groups is 2. The summed E-state index contributed by atoms with van der Waals surface area (Å²) in [5, 5.41) is 0. The molecule has 29 heavy (non-hydrogen) atoms. The van der Waals surface area contributed by atoms with Gasteiger partial charge in [-0.05, 0) is 38.0 Å². The van der Waals surface area contributed by atoms with Gasteiger partial charge in [0.2, 0.25) is 0 Å². The van der Waals surface area contributed by atoms with Crippen LogP contribution in [-0.4, -0.2) is 54.2 Å². The van der Waals surface area contributed by atoms with Crippen molar-refractivity contribution in [3.63, 3.8) is 0 Å². The third-order valence-electron chi connectivity index (χ3n) is 5.39. The molecule has 2 heterocycles. The lowest BCUT2D eigenvalue weighted by molar-refractivity contribution is -0.131. The van der Waals surface area contributed by atoms with Crippen LogP contribution in [0.4, 0.5) is 0 Å². The number of primary amides is 1. The van der Waals surface area contributed by atoms with E-state index >= 15 is 0 Å². The SMILES string of the molecule is CC(=O)Oc1ccc(-c2c(C(N)=O)c(C)n(CCCN3CCOCC3)c2C)cc1. The Morgan fingerprint density at radius 2 is 1.72 bits per heavy atom. The highest BCUT2D eigenvalue weighted by Crippen LogP contribution is 2.33. The van der Waals surface area contributed by atoms with Gasteiger partial charge in [0.05, 0.1) is 18.8 Å². The Balaban J connectivity index is 1.84. The van der Waals surface area contributed by atoms with E-state index in [0.29, 0.717) is 11.3 Å². The molecule has 2 N–H and O–H groups in total. The van der Waals surface area contributed by atoms with Crippen LogP contribution in [0.25, 0.3) is 11.1 Å². The maximum absolute atomic E-state index is 12.2. The third-order valence-corrected chi connectivity index (χ3v) is 5.39. The van der Waals surface area contributed by atoms with Crippen molar-refractivity contribution in [1.29, 1.82) is 0 Å². The van der Waals surface area contributed by atoms with Crippen molar-refractivity contribution in [2.75, 3.05) is 32.8 Å². The Morgan fingerprint density at radius 1 is 1.07 bits per heavy atom. The van der Waals surface area contributed by atoms with E-state index < -0.39 is 5.91 Å². The summed E-state index contributed by atoms with van der Waals surface area (Å²) in [5.74, 6) is -0.327. The van der Waals surface area contributed by atoms with E-state index in [2.05, 4.69) is 9.47 Å². The summed E-state index contributed by atoms with van der Waals surface area (Å²) in [6.45, 7) is 10.7. The molecule has 1 aromatic carbocycles. The van der Waals surface area contributed by atoms with Gasteiger partial charge in [0, 0.05) is 50.1 Å². The van der Waals surface area contributed by atoms with E-state index in [1.54, 1.807) is 12.1 Å². The number of morpholine rings is 1. The lowest BCUT2D eigenvalue weighted by Gasteiger charge is -2.26. The van der Waals surface area contributed by atoms with Crippen LogP contribution >= 0.6 is 0 Å². The van der Waals surface area contributed by atoms with Crippen LogP contribution in [-0.2, 0) is 16.1 Å². The van der Waals surface area contributed by atoms with Gasteiger partial charge in [0.15, 0.2) is 0 Å². The van der Waals surface area contributed by atoms with Gasteiger partial charge in [-0.2, -0.15) is 0 Å². The highest BCUT2D eigenvalue weighted by atomic mass is 16.5. The molecule has 0 bridgehead atoms. The van der Waals surface area contributed by atoms with Crippen LogP contribution in [0, 0.1) is 13.8 Å². The molecule has 0 radical (unpaired) electrons. The number of esters is 1. The van der Waals surface area contributed by atoms with E-state index in [1.807, 2.05) is 26.0 Å². The molecule has 1 saturated heterocycles. The van der Waals surface area contributed by atoms with Gasteiger partial charge in [0.25, 0.3) is 5.91 Å². The molecule has 3 rings (SSSR count). The molecule has 0 aliphatic carbocycles. The van der Waals surface area contributed by atoms with Gasteiger partial charge >= 0.3 is 5.97 Å². The van der Waals surface area contributed by atoms with E-state index in [9.17, 15) is 9.59 Å². The standard InChI is InChI=1S/C22H29N3O4/c1-15-20(18-5-7-19(8-6-18)29-17(3)26)21(22(23)27)16(2)25(15)10-4-9-24-11-13-28-14-12-24/h5-8H,4,9-14H2,1-3H3,(H2,23,27). The number of hydrogen-bond acceptors (Lipinski definition) is 5. The number of rotatable bonds is 7. The maximum Gasteiger partial charge on any atom is 0.308 e. The van der Waals surface area contributed by atoms with Crippen LogP contribution in [0.2, 0.25) is 0 Å². The molecule has 0 saturated carbocycles. The molecular weight excluding hydrogens is 370 g/mol. The van der Waals surface area contributed by atoms with Crippen molar-refractivity contribution < 1.29 is 19.1 Å². The van der Waals surface area contributed by atoms with Crippen molar-refractivity contribution in [2.45, 2.75) is 33.7 Å². The fourth-order valence-corrected chi connectivity index (χ4v) is 4.01. The summed E-state index contributed by atoms with van der Waals surface area (Å²) in [6, 6.07) is 7.16. The number of amides is 1. The van der Waals surface area contributed by atoms with Crippen molar-refractivity contribution in [2.24, 2.45) is 5.73 Å². The largest absolute Gasteiger partial charge is 0.427 e. The number of aromatic nitrogens is 1. The highest BCUT2D eigenvalue weighted by Gasteiger charge is 2.22. The van der Waals surface area contributed by atoms with E-state index in [1.165, 1.54) is 6.92 Å². The van der Waals surface area contributed by atoms with Crippen LogP contribution in [0.1, 0.15) is 35.1 Å². The van der Waals surface area contributed by atoms with Gasteiger partial charge < -0.3 is 19.8 Å². The molecule has 1 amide bonds. The molecule has 0 unspecified atom stereocenters. The molecule has 2 aromatic rings. The van der Waals surface area contributed by atoms with Crippen LogP contribution < -0.4 is 10.5 Å². The number of hydrogen-bond donors (Lipinski definition) is 1. The second-order valence-electron chi connectivity index (χ2n) is 7.36. The zero-order chi connectivity index (χ0) is 21.0. The molecule has 156 valence electrons. The summed E-state index contributed by atoms with van der Waals surface area (Å²) in [5.41, 5.74) is 9.90. The summed E-state index contributed by atoms with van der Waals surface area (Å²) >= 11 is 0. The molecule has 1 aliphatic heterocycles. The molecular formula is C22H29N3O4. The molecule has 7 heteroatoms. The number of carbonyl (C=O) groups excluding carboxylic acids is 2. The fraction of sp³-hybridized carbons (Fsp3) is 0.455. The summed E-state index contributed by atoms with van der Waals surface area (Å²) < 4.78 is 12.7. The lowest BCUT2D eigenvalue weighted by Crippen LogP contribution is -2.37. The van der Waals surface area contributed by atoms with Crippen molar-refractivity contribution in [1.82, 2.24) is 9.47 Å². The second kappa shape index (κ2) is 9.24. The minimum atomic E-state index is -0.434. The first-order valence-corrected chi connectivity index (χ1v) is 9.97. The normalized spacial score (nSPS) is 14.7. The van der Waals surface area contributed by atoms with E-state index in [4.69, 9.17) is 15.2 Å². The van der Waals surface area contributed by atoms with Crippen LogP contribution in [0.15, 0.2) is 24.3 Å². The summed E-state index contributed by atoms with van der Waals surface area (Å²) in [4.78, 5) is 25.8. The van der Waals surface area contributed by atoms with Gasteiger partial charge in [-0.1, -0.05) is 12.1 Å². The quantitative estimate of drug-likeness (QED) is 0.571. The monoisotopic (exact) mass is 399 g/mol. The minimum absolute atomic E-state index is 0.367. The van der Waals surface area contributed by atoms with Crippen LogP contribution in [0.3, 0.4) is 0 Å². The van der Waals surface area contributed by atoms with Gasteiger partial charge in [-0.15, -0.1) is 0 Å². The van der Waals surface area contributed by atoms with Gasteiger partial charge in [-0.25, -0.2) is 0 Å². The smallest absolute Gasteiger partial charge is 0.308 e. The van der Waals surface area contributed by atoms with E-state index in [-0.39, 0.29) is 5.97 Å². The van der Waals surface area contributed by atoms with Gasteiger partial charge in [-0.3, -0.25) is 14.5 Å². The molecule has 7 nitrogen and oxygen atoms in total. The second-order valence-corrected chi connectivity index (χ2v) is 7.36.